The molecule has 276 valence electrons. The van der Waals surface area contributed by atoms with E-state index in [1.54, 1.807) is 7.11 Å². The third-order valence-electron chi connectivity index (χ3n) is 12.3. The first-order valence-corrected chi connectivity index (χ1v) is 23.9. The molecule has 0 bridgehead atoms. The normalized spacial score (nSPS) is 23.1. The Hall–Kier alpha value is -2.75. The lowest BCUT2D eigenvalue weighted by Crippen LogP contribution is -2.68. The molecule has 0 heterocycles. The summed E-state index contributed by atoms with van der Waals surface area (Å²) in [7, 11) is -3.05. The van der Waals surface area contributed by atoms with Gasteiger partial charge in [0.05, 0.1) is 19.8 Å². The van der Waals surface area contributed by atoms with Crippen LogP contribution in [0.5, 0.6) is 5.75 Å². The summed E-state index contributed by atoms with van der Waals surface area (Å²) in [5.74, 6) is 2.28. The molecular formula is C45H64O4Si2. The molecule has 2 aliphatic rings. The molecule has 0 unspecified atom stereocenters. The second kappa shape index (κ2) is 16.1. The fraction of sp³-hybridized carbons (Fsp3) is 0.511. The zero-order valence-corrected chi connectivity index (χ0v) is 35.1. The molecule has 5 rings (SSSR count). The number of benzene rings is 3. The molecule has 6 heteroatoms. The van der Waals surface area contributed by atoms with Crippen molar-refractivity contribution in [2.24, 2.45) is 23.7 Å². The number of hydrogen-bond acceptors (Lipinski definition) is 4. The summed E-state index contributed by atoms with van der Waals surface area (Å²) >= 11 is 0. The third-order valence-corrected chi connectivity index (χ3v) is 21.8. The summed E-state index contributed by atoms with van der Waals surface area (Å²) in [4.78, 5) is 0. The summed E-state index contributed by atoms with van der Waals surface area (Å²) in [5, 5.41) is 2.69. The van der Waals surface area contributed by atoms with Crippen molar-refractivity contribution in [2.45, 2.75) is 104 Å². The summed E-state index contributed by atoms with van der Waals surface area (Å²) < 4.78 is 26.6. The highest BCUT2D eigenvalue weighted by atomic mass is 28.4. The van der Waals surface area contributed by atoms with Crippen molar-refractivity contribution < 1.29 is 18.3 Å². The molecule has 5 atom stereocenters. The van der Waals surface area contributed by atoms with Crippen LogP contribution in [0.25, 0.3) is 0 Å². The Labute approximate surface area is 311 Å². The quantitative estimate of drug-likeness (QED) is 0.0999. The standard InChI is InChI=1S/C45H64O4Si2/c1-33-30-36-24-27-42(49-51(45(6,7)8,38-18-14-12-15-19-38)39-20-16-13-17-21-39)34(2)43(36)41(32-48-50(10,11)44(3,4)5)40(33)28-29-47-31-35-22-25-37(46-9)26-23-35/h12-23,25-26,30,36,40-43H,2,24,27-29,31-32H2,1,3-11H3/t36-,40+,41+,42+,43-/m0/s1. The smallest absolute Gasteiger partial charge is 0.261 e. The van der Waals surface area contributed by atoms with Gasteiger partial charge in [-0.2, -0.15) is 0 Å². The highest BCUT2D eigenvalue weighted by molar-refractivity contribution is 6.99. The molecule has 4 nitrogen and oxygen atoms in total. The van der Waals surface area contributed by atoms with E-state index in [1.165, 1.54) is 21.5 Å². The van der Waals surface area contributed by atoms with Crippen molar-refractivity contribution in [2.75, 3.05) is 20.3 Å². The lowest BCUT2D eigenvalue weighted by atomic mass is 9.60. The molecular weight excluding hydrogens is 661 g/mol. The average molecular weight is 725 g/mol. The van der Waals surface area contributed by atoms with E-state index in [2.05, 4.69) is 140 Å². The third kappa shape index (κ3) is 8.57. The van der Waals surface area contributed by atoms with Gasteiger partial charge in [-0.25, -0.2) is 0 Å². The number of fused-ring (bicyclic) bond motifs is 1. The molecule has 0 radical (unpaired) electrons. The first-order chi connectivity index (χ1) is 24.1. The number of ether oxygens (including phenoxy) is 2. The van der Waals surface area contributed by atoms with Crippen LogP contribution >= 0.6 is 0 Å². The first-order valence-electron chi connectivity index (χ1n) is 19.1. The van der Waals surface area contributed by atoms with Crippen LogP contribution in [-0.2, 0) is 20.2 Å². The van der Waals surface area contributed by atoms with E-state index >= 15 is 0 Å². The van der Waals surface area contributed by atoms with Gasteiger partial charge in [0.2, 0.25) is 0 Å². The highest BCUT2D eigenvalue weighted by Gasteiger charge is 2.54. The van der Waals surface area contributed by atoms with Crippen LogP contribution in [0, 0.1) is 23.7 Å². The van der Waals surface area contributed by atoms with E-state index in [-0.39, 0.29) is 16.2 Å². The number of hydrogen-bond donors (Lipinski definition) is 0. The summed E-state index contributed by atoms with van der Waals surface area (Å²) in [6.45, 7) is 28.3. The highest BCUT2D eigenvalue weighted by Crippen LogP contribution is 2.51. The summed E-state index contributed by atoms with van der Waals surface area (Å²) in [5.41, 5.74) is 3.90. The zero-order chi connectivity index (χ0) is 37.0. The summed E-state index contributed by atoms with van der Waals surface area (Å²) in [6.07, 6.45) is 5.60. The molecule has 3 aromatic rings. The molecule has 51 heavy (non-hydrogen) atoms. The molecule has 1 fully saturated rings. The predicted molar refractivity (Wildman–Crippen MR) is 219 cm³/mol. The number of methoxy groups -OCH3 is 1. The van der Waals surface area contributed by atoms with Crippen LogP contribution < -0.4 is 15.1 Å². The lowest BCUT2D eigenvalue weighted by Gasteiger charge is -2.52. The Morgan fingerprint density at radius 2 is 1.37 bits per heavy atom. The SMILES string of the molecule is C=C1[C@@H]2[C@H](CO[Si](C)(C)C(C)(C)C)[C@H](CCOCc3ccc(OC)cc3)C(C)=C[C@@H]2CC[C@H]1O[Si](c1ccccc1)(c1ccccc1)C(C)(C)C. The molecule has 1 saturated carbocycles. The van der Waals surface area contributed by atoms with Crippen LogP contribution in [0.4, 0.5) is 0 Å². The Balaban J connectivity index is 1.45. The van der Waals surface area contributed by atoms with Crippen molar-refractivity contribution in [1.29, 1.82) is 0 Å². The van der Waals surface area contributed by atoms with Crippen molar-refractivity contribution >= 4 is 27.0 Å². The molecule has 0 aromatic heterocycles. The van der Waals surface area contributed by atoms with Gasteiger partial charge in [-0.3, -0.25) is 0 Å². The summed E-state index contributed by atoms with van der Waals surface area (Å²) in [6, 6.07) is 30.3. The average Bonchev–Trinajstić information content (AvgIpc) is 3.09. The second-order valence-corrected chi connectivity index (χ2v) is 26.6. The monoisotopic (exact) mass is 724 g/mol. The van der Waals surface area contributed by atoms with Gasteiger partial charge in [0.15, 0.2) is 8.32 Å². The topological polar surface area (TPSA) is 36.9 Å². The molecule has 3 aromatic carbocycles. The van der Waals surface area contributed by atoms with E-state index in [9.17, 15) is 0 Å². The van der Waals surface area contributed by atoms with Crippen LogP contribution in [-0.4, -0.2) is 43.1 Å². The minimum Gasteiger partial charge on any atom is -0.497 e. The minimum absolute atomic E-state index is 0.0216. The van der Waals surface area contributed by atoms with Crippen LogP contribution in [0.2, 0.25) is 23.2 Å². The fourth-order valence-corrected chi connectivity index (χ4v) is 14.1. The van der Waals surface area contributed by atoms with Gasteiger partial charge in [0, 0.05) is 13.2 Å². The molecule has 0 saturated heterocycles. The van der Waals surface area contributed by atoms with Crippen molar-refractivity contribution in [1.82, 2.24) is 0 Å². The minimum atomic E-state index is -2.75. The van der Waals surface area contributed by atoms with Gasteiger partial charge in [-0.1, -0.05) is 133 Å². The van der Waals surface area contributed by atoms with Gasteiger partial charge in [0.25, 0.3) is 8.32 Å². The maximum atomic E-state index is 7.80. The van der Waals surface area contributed by atoms with Crippen molar-refractivity contribution in [3.63, 3.8) is 0 Å². The largest absolute Gasteiger partial charge is 0.497 e. The van der Waals surface area contributed by atoms with Crippen LogP contribution in [0.3, 0.4) is 0 Å². The molecule has 0 aliphatic heterocycles. The van der Waals surface area contributed by atoms with Gasteiger partial charge in [-0.15, -0.1) is 0 Å². The first kappa shape index (κ1) is 39.5. The predicted octanol–water partition coefficient (Wildman–Crippen LogP) is 10.3. The van der Waals surface area contributed by atoms with Crippen molar-refractivity contribution in [3.05, 3.63) is 114 Å². The van der Waals surface area contributed by atoms with Crippen LogP contribution in [0.1, 0.15) is 73.3 Å². The van der Waals surface area contributed by atoms with E-state index in [4.69, 9.17) is 24.9 Å². The van der Waals surface area contributed by atoms with Gasteiger partial charge in [-0.05, 0) is 107 Å². The molecule has 2 aliphatic carbocycles. The number of allylic oxidation sites excluding steroid dienone is 2. The van der Waals surface area contributed by atoms with E-state index in [0.717, 1.165) is 37.2 Å². The lowest BCUT2D eigenvalue weighted by molar-refractivity contribution is 0.0512. The Morgan fingerprint density at radius 1 is 0.784 bits per heavy atom. The van der Waals surface area contributed by atoms with Gasteiger partial charge in [0.1, 0.15) is 5.75 Å². The van der Waals surface area contributed by atoms with E-state index < -0.39 is 16.6 Å². The van der Waals surface area contributed by atoms with Gasteiger partial charge < -0.3 is 18.3 Å². The van der Waals surface area contributed by atoms with Gasteiger partial charge >= 0.3 is 0 Å². The van der Waals surface area contributed by atoms with E-state index in [1.807, 2.05) is 12.1 Å². The van der Waals surface area contributed by atoms with Crippen LogP contribution in [0.15, 0.2) is 109 Å². The van der Waals surface area contributed by atoms with E-state index in [0.29, 0.717) is 36.9 Å². The molecule has 0 N–H and O–H groups in total. The maximum absolute atomic E-state index is 7.80. The van der Waals surface area contributed by atoms with Crippen molar-refractivity contribution in [3.8, 4) is 5.75 Å². The fourth-order valence-electron chi connectivity index (χ4n) is 8.37. The Kier molecular flexibility index (Phi) is 12.5. The number of rotatable bonds is 13. The zero-order valence-electron chi connectivity index (χ0n) is 33.1. The molecule has 0 spiro atoms. The molecule has 0 amide bonds. The second-order valence-electron chi connectivity index (χ2n) is 17.6. The Morgan fingerprint density at radius 3 is 1.90 bits per heavy atom. The Bertz CT molecular complexity index is 1560. The maximum Gasteiger partial charge on any atom is 0.261 e.